The van der Waals surface area contributed by atoms with Gasteiger partial charge in [0.25, 0.3) is 0 Å². The molecule has 2 N–H and O–H groups in total. The van der Waals surface area contributed by atoms with E-state index < -0.39 is 0 Å². The fraction of sp³-hybridized carbons (Fsp3) is 1.00. The summed E-state index contributed by atoms with van der Waals surface area (Å²) in [6.07, 6.45) is 11.6. The van der Waals surface area contributed by atoms with Gasteiger partial charge in [-0.1, -0.05) is 32.1 Å². The third-order valence-electron chi connectivity index (χ3n) is 4.56. The molecule has 94 valence electrons. The molecule has 0 aromatic carbocycles. The van der Waals surface area contributed by atoms with Gasteiger partial charge in [-0.25, -0.2) is 0 Å². The highest BCUT2D eigenvalue weighted by Crippen LogP contribution is 2.27. The summed E-state index contributed by atoms with van der Waals surface area (Å²) in [7, 11) is 0. The molecule has 2 nitrogen and oxygen atoms in total. The van der Waals surface area contributed by atoms with Gasteiger partial charge >= 0.3 is 0 Å². The Hall–Kier alpha value is -0.0800. The predicted molar refractivity (Wildman–Crippen MR) is 67.4 cm³/mol. The van der Waals surface area contributed by atoms with Crippen LogP contribution < -0.4 is 5.32 Å². The van der Waals surface area contributed by atoms with Crippen molar-refractivity contribution < 1.29 is 5.11 Å². The molecule has 0 heterocycles. The summed E-state index contributed by atoms with van der Waals surface area (Å²) < 4.78 is 0. The first kappa shape index (κ1) is 12.4. The van der Waals surface area contributed by atoms with Crippen LogP contribution in [0.4, 0.5) is 0 Å². The van der Waals surface area contributed by atoms with E-state index >= 15 is 0 Å². The standard InChI is InChI=1S/C14H27NO/c1-11(12-7-3-2-4-8-12)15-13-9-5-6-10-14(13)16/h11-16H,2-10H2,1H3/t11?,13-,14-/m1/s1. The molecule has 2 heteroatoms. The molecule has 0 aromatic rings. The van der Waals surface area contributed by atoms with E-state index in [0.29, 0.717) is 12.1 Å². The summed E-state index contributed by atoms with van der Waals surface area (Å²) in [5, 5.41) is 13.6. The van der Waals surface area contributed by atoms with Gasteiger partial charge in [0.1, 0.15) is 0 Å². The van der Waals surface area contributed by atoms with Crippen LogP contribution in [0, 0.1) is 5.92 Å². The molecule has 1 unspecified atom stereocenters. The first-order valence-corrected chi connectivity index (χ1v) is 7.21. The van der Waals surface area contributed by atoms with E-state index in [1.807, 2.05) is 0 Å². The minimum atomic E-state index is -0.0974. The second-order valence-electron chi connectivity index (χ2n) is 5.81. The van der Waals surface area contributed by atoms with Gasteiger partial charge in [0.05, 0.1) is 6.10 Å². The molecule has 2 aliphatic rings. The summed E-state index contributed by atoms with van der Waals surface area (Å²) in [6, 6.07) is 0.962. The summed E-state index contributed by atoms with van der Waals surface area (Å²) in [6.45, 7) is 2.32. The first-order chi connectivity index (χ1) is 7.77. The Morgan fingerprint density at radius 3 is 2.25 bits per heavy atom. The van der Waals surface area contributed by atoms with Crippen molar-refractivity contribution in [3.05, 3.63) is 0 Å². The Kier molecular flexibility index (Phi) is 4.66. The summed E-state index contributed by atoms with van der Waals surface area (Å²) in [4.78, 5) is 0. The highest BCUT2D eigenvalue weighted by atomic mass is 16.3. The van der Waals surface area contributed by atoms with E-state index in [0.717, 1.165) is 18.8 Å². The van der Waals surface area contributed by atoms with E-state index in [1.165, 1.54) is 44.9 Å². The van der Waals surface area contributed by atoms with E-state index in [-0.39, 0.29) is 6.10 Å². The molecule has 2 saturated carbocycles. The number of hydrogen-bond acceptors (Lipinski definition) is 2. The van der Waals surface area contributed by atoms with Crippen molar-refractivity contribution in [2.75, 3.05) is 0 Å². The molecule has 0 amide bonds. The quantitative estimate of drug-likeness (QED) is 0.774. The molecule has 0 radical (unpaired) electrons. The molecular formula is C14H27NO. The largest absolute Gasteiger partial charge is 0.392 e. The van der Waals surface area contributed by atoms with Crippen LogP contribution in [0.3, 0.4) is 0 Å². The van der Waals surface area contributed by atoms with Crippen molar-refractivity contribution in [3.63, 3.8) is 0 Å². The van der Waals surface area contributed by atoms with Crippen LogP contribution >= 0.6 is 0 Å². The van der Waals surface area contributed by atoms with Gasteiger partial charge in [0, 0.05) is 12.1 Å². The Bertz CT molecular complexity index is 201. The average Bonchev–Trinajstić information content (AvgIpc) is 2.33. The molecule has 2 rings (SSSR count). The van der Waals surface area contributed by atoms with E-state index in [1.54, 1.807) is 0 Å². The lowest BCUT2D eigenvalue weighted by Gasteiger charge is -2.35. The van der Waals surface area contributed by atoms with Crippen LogP contribution in [0.1, 0.15) is 64.7 Å². The monoisotopic (exact) mass is 225 g/mol. The van der Waals surface area contributed by atoms with Crippen LogP contribution in [0.15, 0.2) is 0 Å². The maximum absolute atomic E-state index is 9.95. The van der Waals surface area contributed by atoms with Crippen molar-refractivity contribution in [3.8, 4) is 0 Å². The number of nitrogens with one attached hydrogen (secondary N) is 1. The first-order valence-electron chi connectivity index (χ1n) is 7.21. The minimum absolute atomic E-state index is 0.0974. The van der Waals surface area contributed by atoms with E-state index in [4.69, 9.17) is 0 Å². The van der Waals surface area contributed by atoms with Crippen molar-refractivity contribution >= 4 is 0 Å². The number of aliphatic hydroxyl groups excluding tert-OH is 1. The van der Waals surface area contributed by atoms with Crippen molar-refractivity contribution in [1.29, 1.82) is 0 Å². The van der Waals surface area contributed by atoms with E-state index in [2.05, 4.69) is 12.2 Å². The fourth-order valence-electron chi connectivity index (χ4n) is 3.41. The number of rotatable bonds is 3. The minimum Gasteiger partial charge on any atom is -0.392 e. The maximum atomic E-state index is 9.95. The SMILES string of the molecule is CC(N[C@@H]1CCCC[C@H]1O)C1CCCCC1. The maximum Gasteiger partial charge on any atom is 0.0693 e. The number of aliphatic hydroxyl groups is 1. The van der Waals surface area contributed by atoms with Gasteiger partial charge in [0.15, 0.2) is 0 Å². The smallest absolute Gasteiger partial charge is 0.0693 e. The zero-order valence-corrected chi connectivity index (χ0v) is 10.6. The van der Waals surface area contributed by atoms with Gasteiger partial charge < -0.3 is 10.4 Å². The van der Waals surface area contributed by atoms with Crippen molar-refractivity contribution in [2.45, 2.75) is 82.9 Å². The Morgan fingerprint density at radius 2 is 1.56 bits per heavy atom. The molecule has 3 atom stereocenters. The van der Waals surface area contributed by atoms with Crippen molar-refractivity contribution in [2.24, 2.45) is 5.92 Å². The topological polar surface area (TPSA) is 32.3 Å². The van der Waals surface area contributed by atoms with Crippen LogP contribution in [0.5, 0.6) is 0 Å². The molecule has 2 fully saturated rings. The van der Waals surface area contributed by atoms with Crippen LogP contribution in [0.2, 0.25) is 0 Å². The van der Waals surface area contributed by atoms with Gasteiger partial charge in [-0.3, -0.25) is 0 Å². The lowest BCUT2D eigenvalue weighted by Crippen LogP contribution is -2.48. The zero-order valence-electron chi connectivity index (χ0n) is 10.6. The summed E-state index contributed by atoms with van der Waals surface area (Å²) in [5.41, 5.74) is 0. The molecule has 0 spiro atoms. The van der Waals surface area contributed by atoms with Crippen molar-refractivity contribution in [1.82, 2.24) is 5.32 Å². The second kappa shape index (κ2) is 6.02. The van der Waals surface area contributed by atoms with Crippen LogP contribution in [-0.4, -0.2) is 23.3 Å². The highest BCUT2D eigenvalue weighted by molar-refractivity contribution is 4.85. The molecule has 2 aliphatic carbocycles. The average molecular weight is 225 g/mol. The molecule has 0 aromatic heterocycles. The zero-order chi connectivity index (χ0) is 11.4. The lowest BCUT2D eigenvalue weighted by atomic mass is 9.83. The van der Waals surface area contributed by atoms with Crippen LogP contribution in [-0.2, 0) is 0 Å². The fourth-order valence-corrected chi connectivity index (χ4v) is 3.41. The van der Waals surface area contributed by atoms with Gasteiger partial charge in [-0.2, -0.15) is 0 Å². The molecule has 0 saturated heterocycles. The Labute approximate surface area is 99.8 Å². The molecular weight excluding hydrogens is 198 g/mol. The molecule has 0 aliphatic heterocycles. The summed E-state index contributed by atoms with van der Waals surface area (Å²) >= 11 is 0. The van der Waals surface area contributed by atoms with E-state index in [9.17, 15) is 5.11 Å². The normalized spacial score (nSPS) is 34.9. The van der Waals surface area contributed by atoms with Crippen LogP contribution in [0.25, 0.3) is 0 Å². The second-order valence-corrected chi connectivity index (χ2v) is 5.81. The number of hydrogen-bond donors (Lipinski definition) is 2. The third kappa shape index (κ3) is 3.21. The predicted octanol–water partition coefficient (Wildman–Crippen LogP) is 2.85. The lowest BCUT2D eigenvalue weighted by molar-refractivity contribution is 0.0788. The molecule has 16 heavy (non-hydrogen) atoms. The summed E-state index contributed by atoms with van der Waals surface area (Å²) in [5.74, 6) is 0.850. The Morgan fingerprint density at radius 1 is 0.938 bits per heavy atom. The third-order valence-corrected chi connectivity index (χ3v) is 4.56. The Balaban J connectivity index is 1.78. The van der Waals surface area contributed by atoms with Gasteiger partial charge in [-0.15, -0.1) is 0 Å². The van der Waals surface area contributed by atoms with Gasteiger partial charge in [-0.05, 0) is 38.5 Å². The molecule has 0 bridgehead atoms. The van der Waals surface area contributed by atoms with Gasteiger partial charge in [0.2, 0.25) is 0 Å². The highest BCUT2D eigenvalue weighted by Gasteiger charge is 2.27.